The van der Waals surface area contributed by atoms with Crippen molar-refractivity contribution in [1.82, 2.24) is 9.97 Å². The molecule has 0 atom stereocenters. The number of halogens is 1. The van der Waals surface area contributed by atoms with Crippen LogP contribution in [0.25, 0.3) is 10.1 Å². The number of fused-ring (bicyclic) bond motifs is 1. The van der Waals surface area contributed by atoms with Gasteiger partial charge in [0.05, 0.1) is 0 Å². The highest BCUT2D eigenvalue weighted by atomic mass is 32.2. The Labute approximate surface area is 150 Å². The molecule has 5 nitrogen and oxygen atoms in total. The standard InChI is InChI=1S/C17H15FN2O3S2/c1-2-4-9-7-13(21)20-17(19-9)24-8-10-14-11(18)5-3-6-12(14)25-15(10)16(22)23/h3,5-7H,2,4,8H2,1H3,(H,22,23)(H,19,20,21). The molecule has 0 unspecified atom stereocenters. The number of nitrogens with one attached hydrogen (secondary N) is 1. The van der Waals surface area contributed by atoms with Crippen LogP contribution in [0.1, 0.15) is 34.3 Å². The Balaban J connectivity index is 1.97. The highest BCUT2D eigenvalue weighted by molar-refractivity contribution is 7.98. The van der Waals surface area contributed by atoms with Crippen molar-refractivity contribution in [3.8, 4) is 0 Å². The zero-order chi connectivity index (χ0) is 18.0. The second kappa shape index (κ2) is 7.37. The molecule has 0 aliphatic heterocycles. The Hall–Kier alpha value is -2.19. The molecule has 25 heavy (non-hydrogen) atoms. The molecular formula is C17H15FN2O3S2. The summed E-state index contributed by atoms with van der Waals surface area (Å²) in [5, 5.41) is 10.1. The Morgan fingerprint density at radius 2 is 2.24 bits per heavy atom. The van der Waals surface area contributed by atoms with Gasteiger partial charge in [0, 0.05) is 27.6 Å². The van der Waals surface area contributed by atoms with Crippen LogP contribution in [0.15, 0.2) is 34.2 Å². The number of hydrogen-bond acceptors (Lipinski definition) is 5. The first kappa shape index (κ1) is 17.6. The Kier molecular flexibility index (Phi) is 5.19. The molecule has 3 rings (SSSR count). The molecule has 0 aliphatic carbocycles. The molecule has 2 N–H and O–H groups in total. The molecule has 0 fully saturated rings. The van der Waals surface area contributed by atoms with Crippen LogP contribution in [-0.2, 0) is 12.2 Å². The summed E-state index contributed by atoms with van der Waals surface area (Å²) in [5.41, 5.74) is 0.855. The predicted octanol–water partition coefficient (Wildman–Crippen LogP) is 4.07. The molecule has 0 saturated heterocycles. The molecule has 0 spiro atoms. The van der Waals surface area contributed by atoms with Gasteiger partial charge in [0.15, 0.2) is 5.16 Å². The van der Waals surface area contributed by atoms with E-state index in [1.165, 1.54) is 23.9 Å². The summed E-state index contributed by atoms with van der Waals surface area (Å²) in [7, 11) is 0. The third-order valence-electron chi connectivity index (χ3n) is 3.59. The Bertz CT molecular complexity index is 997. The lowest BCUT2D eigenvalue weighted by Gasteiger charge is -2.05. The number of aryl methyl sites for hydroxylation is 1. The number of aromatic amines is 1. The SMILES string of the molecule is CCCc1cc(=O)[nH]c(SCc2c(C(=O)O)sc3cccc(F)c23)n1. The summed E-state index contributed by atoms with van der Waals surface area (Å²) < 4.78 is 14.8. The van der Waals surface area contributed by atoms with E-state index in [9.17, 15) is 19.1 Å². The molecule has 0 aliphatic rings. The first-order chi connectivity index (χ1) is 12.0. The lowest BCUT2D eigenvalue weighted by atomic mass is 10.1. The van der Waals surface area contributed by atoms with Crippen molar-refractivity contribution >= 4 is 39.2 Å². The van der Waals surface area contributed by atoms with E-state index in [1.807, 2.05) is 6.92 Å². The van der Waals surface area contributed by atoms with Gasteiger partial charge in [-0.1, -0.05) is 31.2 Å². The number of hydrogen-bond donors (Lipinski definition) is 2. The second-order valence-corrected chi connectivity index (χ2v) is 7.42. The third kappa shape index (κ3) is 3.74. The van der Waals surface area contributed by atoms with E-state index in [0.29, 0.717) is 32.9 Å². The van der Waals surface area contributed by atoms with Gasteiger partial charge < -0.3 is 10.1 Å². The van der Waals surface area contributed by atoms with Crippen molar-refractivity contribution in [3.63, 3.8) is 0 Å². The number of thiophene rings is 1. The fraction of sp³-hybridized carbons (Fsp3) is 0.235. The van der Waals surface area contributed by atoms with Crippen molar-refractivity contribution in [2.45, 2.75) is 30.7 Å². The number of carboxylic acids is 1. The minimum Gasteiger partial charge on any atom is -0.477 e. The fourth-order valence-corrected chi connectivity index (χ4v) is 4.64. The Morgan fingerprint density at radius 1 is 1.44 bits per heavy atom. The zero-order valence-corrected chi connectivity index (χ0v) is 15.0. The minimum atomic E-state index is -1.09. The third-order valence-corrected chi connectivity index (χ3v) is 5.67. The van der Waals surface area contributed by atoms with Crippen molar-refractivity contribution < 1.29 is 14.3 Å². The molecule has 0 amide bonds. The van der Waals surface area contributed by atoms with E-state index < -0.39 is 11.8 Å². The average molecular weight is 378 g/mol. The molecule has 0 radical (unpaired) electrons. The van der Waals surface area contributed by atoms with Gasteiger partial charge in [-0.25, -0.2) is 14.2 Å². The van der Waals surface area contributed by atoms with Crippen LogP contribution >= 0.6 is 23.1 Å². The van der Waals surface area contributed by atoms with E-state index in [2.05, 4.69) is 9.97 Å². The zero-order valence-electron chi connectivity index (χ0n) is 13.3. The molecule has 0 saturated carbocycles. The van der Waals surface area contributed by atoms with E-state index in [4.69, 9.17) is 0 Å². The summed E-state index contributed by atoms with van der Waals surface area (Å²) in [6.07, 6.45) is 1.55. The van der Waals surface area contributed by atoms with Crippen molar-refractivity contribution in [3.05, 3.63) is 56.6 Å². The number of carbonyl (C=O) groups is 1. The molecule has 3 aromatic rings. The van der Waals surface area contributed by atoms with Crippen LogP contribution in [-0.4, -0.2) is 21.0 Å². The van der Waals surface area contributed by atoms with Gasteiger partial charge in [-0.05, 0) is 24.1 Å². The average Bonchev–Trinajstić information content (AvgIpc) is 2.93. The van der Waals surface area contributed by atoms with Gasteiger partial charge in [-0.15, -0.1) is 11.3 Å². The molecule has 0 bridgehead atoms. The maximum Gasteiger partial charge on any atom is 0.346 e. The monoisotopic (exact) mass is 378 g/mol. The van der Waals surface area contributed by atoms with Gasteiger partial charge in [-0.3, -0.25) is 4.79 Å². The fourth-order valence-electron chi connectivity index (χ4n) is 2.55. The first-order valence-electron chi connectivity index (χ1n) is 7.65. The number of nitrogens with zero attached hydrogens (tertiary/aromatic N) is 1. The smallest absolute Gasteiger partial charge is 0.346 e. The molecule has 130 valence electrons. The molecule has 2 heterocycles. The first-order valence-corrected chi connectivity index (χ1v) is 9.46. The quantitative estimate of drug-likeness (QED) is 0.499. The molecule has 2 aromatic heterocycles. The van der Waals surface area contributed by atoms with Crippen molar-refractivity contribution in [2.24, 2.45) is 0 Å². The number of aromatic nitrogens is 2. The topological polar surface area (TPSA) is 83.0 Å². The number of carboxylic acid groups (broad SMARTS) is 1. The largest absolute Gasteiger partial charge is 0.477 e. The summed E-state index contributed by atoms with van der Waals surface area (Å²) in [6.45, 7) is 2.00. The van der Waals surface area contributed by atoms with Crippen LogP contribution in [0.2, 0.25) is 0 Å². The molecule has 1 aromatic carbocycles. The van der Waals surface area contributed by atoms with Gasteiger partial charge in [-0.2, -0.15) is 0 Å². The molecular weight excluding hydrogens is 363 g/mol. The van der Waals surface area contributed by atoms with E-state index in [0.717, 1.165) is 17.8 Å². The van der Waals surface area contributed by atoms with Crippen molar-refractivity contribution in [1.29, 1.82) is 0 Å². The van der Waals surface area contributed by atoms with Crippen LogP contribution in [0.5, 0.6) is 0 Å². The number of H-pyrrole nitrogens is 1. The lowest BCUT2D eigenvalue weighted by Crippen LogP contribution is -2.10. The van der Waals surface area contributed by atoms with Gasteiger partial charge >= 0.3 is 5.97 Å². The maximum absolute atomic E-state index is 14.2. The van der Waals surface area contributed by atoms with Crippen LogP contribution in [0.4, 0.5) is 4.39 Å². The summed E-state index contributed by atoms with van der Waals surface area (Å²) in [5.74, 6) is -1.32. The Morgan fingerprint density at radius 3 is 2.96 bits per heavy atom. The number of rotatable bonds is 6. The van der Waals surface area contributed by atoms with Gasteiger partial charge in [0.25, 0.3) is 5.56 Å². The van der Waals surface area contributed by atoms with Crippen LogP contribution in [0, 0.1) is 5.82 Å². The van der Waals surface area contributed by atoms with Gasteiger partial charge in [0.1, 0.15) is 10.7 Å². The number of benzene rings is 1. The number of thioether (sulfide) groups is 1. The molecule has 8 heteroatoms. The van der Waals surface area contributed by atoms with Crippen LogP contribution in [0.3, 0.4) is 0 Å². The van der Waals surface area contributed by atoms with E-state index in [-0.39, 0.29) is 16.2 Å². The summed E-state index contributed by atoms with van der Waals surface area (Å²) >= 11 is 2.25. The summed E-state index contributed by atoms with van der Waals surface area (Å²) in [4.78, 5) is 30.4. The normalized spacial score (nSPS) is 11.1. The minimum absolute atomic E-state index is 0.111. The summed E-state index contributed by atoms with van der Waals surface area (Å²) in [6, 6.07) is 6.03. The number of aromatic carboxylic acids is 1. The lowest BCUT2D eigenvalue weighted by molar-refractivity contribution is 0.0701. The predicted molar refractivity (Wildman–Crippen MR) is 97.2 cm³/mol. The highest BCUT2D eigenvalue weighted by Crippen LogP contribution is 2.36. The second-order valence-electron chi connectivity index (χ2n) is 5.41. The van der Waals surface area contributed by atoms with E-state index in [1.54, 1.807) is 12.1 Å². The maximum atomic E-state index is 14.2. The highest BCUT2D eigenvalue weighted by Gasteiger charge is 2.20. The van der Waals surface area contributed by atoms with Gasteiger partial charge in [0.2, 0.25) is 0 Å². The van der Waals surface area contributed by atoms with E-state index >= 15 is 0 Å². The van der Waals surface area contributed by atoms with Crippen molar-refractivity contribution in [2.75, 3.05) is 0 Å². The van der Waals surface area contributed by atoms with Crippen LogP contribution < -0.4 is 5.56 Å².